The summed E-state index contributed by atoms with van der Waals surface area (Å²) in [5.41, 5.74) is 5.59. The monoisotopic (exact) mass is 448 g/mol. The molecule has 0 fully saturated rings. The Balaban J connectivity index is 1.69. The van der Waals surface area contributed by atoms with E-state index in [1.54, 1.807) is 13.0 Å². The van der Waals surface area contributed by atoms with Crippen LogP contribution >= 0.6 is 0 Å². The van der Waals surface area contributed by atoms with Crippen molar-refractivity contribution in [2.45, 2.75) is 51.2 Å². The molecule has 1 aliphatic heterocycles. The van der Waals surface area contributed by atoms with Crippen LogP contribution in [0.2, 0.25) is 0 Å². The molecule has 1 aliphatic rings. The molecule has 0 saturated carbocycles. The standard InChI is InChI=1S/C26H28N2O3S/c1-18-12-13-20(3)25(14-18)32(30,31)28-17-23-11-7-6-9-21(23)15-24(28)26(29)27-16-22-10-5-4-8-19(22)2/h4-14,24H,15-17H2,1-3H3,(H,27,29). The molecule has 0 spiro atoms. The van der Waals surface area contributed by atoms with Crippen LogP contribution in [0.25, 0.3) is 0 Å². The molecule has 32 heavy (non-hydrogen) atoms. The van der Waals surface area contributed by atoms with E-state index < -0.39 is 16.1 Å². The highest BCUT2D eigenvalue weighted by Crippen LogP contribution is 2.31. The van der Waals surface area contributed by atoms with E-state index in [4.69, 9.17) is 0 Å². The van der Waals surface area contributed by atoms with E-state index >= 15 is 0 Å². The number of rotatable bonds is 5. The van der Waals surface area contributed by atoms with Crippen molar-refractivity contribution in [1.82, 2.24) is 9.62 Å². The van der Waals surface area contributed by atoms with Gasteiger partial charge in [-0.25, -0.2) is 8.42 Å². The summed E-state index contributed by atoms with van der Waals surface area (Å²) in [5.74, 6) is -0.281. The predicted octanol–water partition coefficient (Wildman–Crippen LogP) is 4.04. The number of hydrogen-bond acceptors (Lipinski definition) is 3. The van der Waals surface area contributed by atoms with Crippen molar-refractivity contribution in [2.75, 3.05) is 0 Å². The van der Waals surface area contributed by atoms with Crippen molar-refractivity contribution in [3.8, 4) is 0 Å². The van der Waals surface area contributed by atoms with Crippen LogP contribution in [0.3, 0.4) is 0 Å². The fraction of sp³-hybridized carbons (Fsp3) is 0.269. The van der Waals surface area contributed by atoms with Gasteiger partial charge in [-0.15, -0.1) is 0 Å². The first-order valence-corrected chi connectivity index (χ1v) is 12.2. The largest absolute Gasteiger partial charge is 0.351 e. The van der Waals surface area contributed by atoms with Crippen LogP contribution in [0.4, 0.5) is 0 Å². The Kier molecular flexibility index (Phi) is 6.17. The number of carbonyl (C=O) groups is 1. The number of benzene rings is 3. The maximum Gasteiger partial charge on any atom is 0.244 e. The van der Waals surface area contributed by atoms with Gasteiger partial charge in [0.15, 0.2) is 0 Å². The van der Waals surface area contributed by atoms with E-state index in [0.717, 1.165) is 27.8 Å². The molecule has 0 saturated heterocycles. The zero-order valence-corrected chi connectivity index (χ0v) is 19.4. The fourth-order valence-corrected chi connectivity index (χ4v) is 6.07. The number of sulfonamides is 1. The lowest BCUT2D eigenvalue weighted by molar-refractivity contribution is -0.125. The van der Waals surface area contributed by atoms with E-state index in [0.29, 0.717) is 18.5 Å². The number of fused-ring (bicyclic) bond motifs is 1. The molecule has 0 radical (unpaired) electrons. The summed E-state index contributed by atoms with van der Waals surface area (Å²) in [4.78, 5) is 13.6. The highest BCUT2D eigenvalue weighted by molar-refractivity contribution is 7.89. The molecule has 3 aromatic rings. The van der Waals surface area contributed by atoms with Gasteiger partial charge in [0.25, 0.3) is 0 Å². The topological polar surface area (TPSA) is 66.5 Å². The zero-order chi connectivity index (χ0) is 22.9. The molecule has 0 aromatic heterocycles. The van der Waals surface area contributed by atoms with E-state index in [-0.39, 0.29) is 17.3 Å². The number of nitrogens with zero attached hydrogens (tertiary/aromatic N) is 1. The molecule has 1 N–H and O–H groups in total. The first-order chi connectivity index (χ1) is 15.3. The van der Waals surface area contributed by atoms with E-state index in [1.165, 1.54) is 4.31 Å². The van der Waals surface area contributed by atoms with Gasteiger partial charge in [-0.05, 0) is 66.6 Å². The Morgan fingerprint density at radius 2 is 1.62 bits per heavy atom. The third-order valence-corrected chi connectivity index (χ3v) is 8.15. The summed E-state index contributed by atoms with van der Waals surface area (Å²) in [7, 11) is -3.87. The SMILES string of the molecule is Cc1ccc(C)c(S(=O)(=O)N2Cc3ccccc3CC2C(=O)NCc2ccccc2C)c1. The van der Waals surface area contributed by atoms with Crippen molar-refractivity contribution in [2.24, 2.45) is 0 Å². The van der Waals surface area contributed by atoms with Gasteiger partial charge in [0, 0.05) is 13.1 Å². The second kappa shape index (κ2) is 8.88. The fourth-order valence-electron chi connectivity index (χ4n) is 4.20. The average molecular weight is 449 g/mol. The molecule has 3 aromatic carbocycles. The first-order valence-electron chi connectivity index (χ1n) is 10.8. The Labute approximate surface area is 190 Å². The Bertz CT molecular complexity index is 1270. The molecule has 4 rings (SSSR count). The van der Waals surface area contributed by atoms with Crippen molar-refractivity contribution < 1.29 is 13.2 Å². The smallest absolute Gasteiger partial charge is 0.244 e. The minimum atomic E-state index is -3.87. The average Bonchev–Trinajstić information content (AvgIpc) is 2.79. The lowest BCUT2D eigenvalue weighted by Crippen LogP contribution is -2.52. The minimum Gasteiger partial charge on any atom is -0.351 e. The van der Waals surface area contributed by atoms with E-state index in [9.17, 15) is 13.2 Å². The number of aryl methyl sites for hydroxylation is 3. The molecule has 1 amide bonds. The van der Waals surface area contributed by atoms with Gasteiger partial charge in [0.1, 0.15) is 6.04 Å². The lowest BCUT2D eigenvalue weighted by Gasteiger charge is -2.35. The van der Waals surface area contributed by atoms with Crippen molar-refractivity contribution in [1.29, 1.82) is 0 Å². The second-order valence-electron chi connectivity index (χ2n) is 8.45. The van der Waals surface area contributed by atoms with Gasteiger partial charge >= 0.3 is 0 Å². The third-order valence-electron chi connectivity index (χ3n) is 6.15. The summed E-state index contributed by atoms with van der Waals surface area (Å²) in [6, 6.07) is 20.2. The molecular weight excluding hydrogens is 420 g/mol. The summed E-state index contributed by atoms with van der Waals surface area (Å²) >= 11 is 0. The number of nitrogens with one attached hydrogen (secondary N) is 1. The van der Waals surface area contributed by atoms with Gasteiger partial charge in [-0.3, -0.25) is 4.79 Å². The highest BCUT2D eigenvalue weighted by Gasteiger charge is 2.40. The van der Waals surface area contributed by atoms with Crippen LogP contribution in [0.1, 0.15) is 33.4 Å². The van der Waals surface area contributed by atoms with Crippen LogP contribution in [0.5, 0.6) is 0 Å². The molecule has 0 bridgehead atoms. The van der Waals surface area contributed by atoms with Crippen molar-refractivity contribution >= 4 is 15.9 Å². The molecular formula is C26H28N2O3S. The van der Waals surface area contributed by atoms with Crippen LogP contribution in [-0.4, -0.2) is 24.7 Å². The van der Waals surface area contributed by atoms with Crippen LogP contribution in [0, 0.1) is 20.8 Å². The van der Waals surface area contributed by atoms with Crippen LogP contribution < -0.4 is 5.32 Å². The number of carbonyl (C=O) groups excluding carboxylic acids is 1. The van der Waals surface area contributed by atoms with Crippen molar-refractivity contribution in [3.63, 3.8) is 0 Å². The Morgan fingerprint density at radius 1 is 0.938 bits per heavy atom. The molecule has 5 nitrogen and oxygen atoms in total. The summed E-state index contributed by atoms with van der Waals surface area (Å²) < 4.78 is 28.9. The molecule has 166 valence electrons. The summed E-state index contributed by atoms with van der Waals surface area (Å²) in [6.07, 6.45) is 0.347. The second-order valence-corrected chi connectivity index (χ2v) is 10.3. The quantitative estimate of drug-likeness (QED) is 0.641. The molecule has 1 heterocycles. The van der Waals surface area contributed by atoms with Crippen molar-refractivity contribution in [3.05, 3.63) is 100 Å². The molecule has 1 atom stereocenters. The Morgan fingerprint density at radius 3 is 2.38 bits per heavy atom. The van der Waals surface area contributed by atoms with Gasteiger partial charge in [-0.2, -0.15) is 4.31 Å². The van der Waals surface area contributed by atoms with E-state index in [1.807, 2.05) is 74.5 Å². The zero-order valence-electron chi connectivity index (χ0n) is 18.6. The predicted molar refractivity (Wildman–Crippen MR) is 126 cm³/mol. The highest BCUT2D eigenvalue weighted by atomic mass is 32.2. The van der Waals surface area contributed by atoms with Gasteiger partial charge < -0.3 is 5.32 Å². The molecule has 1 unspecified atom stereocenters. The third kappa shape index (κ3) is 4.33. The van der Waals surface area contributed by atoms with Gasteiger partial charge in [0.2, 0.25) is 15.9 Å². The maximum atomic E-state index is 13.8. The van der Waals surface area contributed by atoms with Crippen LogP contribution in [-0.2, 0) is 34.3 Å². The summed E-state index contributed by atoms with van der Waals surface area (Å²) in [5, 5.41) is 2.97. The van der Waals surface area contributed by atoms with E-state index in [2.05, 4.69) is 5.32 Å². The molecule has 0 aliphatic carbocycles. The first kappa shape index (κ1) is 22.2. The molecule has 6 heteroatoms. The maximum absolute atomic E-state index is 13.8. The van der Waals surface area contributed by atoms with Crippen LogP contribution in [0.15, 0.2) is 71.6 Å². The number of hydrogen-bond donors (Lipinski definition) is 1. The Hall–Kier alpha value is -2.96. The lowest BCUT2D eigenvalue weighted by atomic mass is 9.95. The number of amides is 1. The minimum absolute atomic E-state index is 0.175. The summed E-state index contributed by atoms with van der Waals surface area (Å²) in [6.45, 7) is 6.19. The van der Waals surface area contributed by atoms with Gasteiger partial charge in [-0.1, -0.05) is 60.7 Å². The van der Waals surface area contributed by atoms with Gasteiger partial charge in [0.05, 0.1) is 4.90 Å². The normalized spacial score (nSPS) is 16.4.